The molecule has 2 rings (SSSR count). The van der Waals surface area contributed by atoms with Gasteiger partial charge in [-0.25, -0.2) is 0 Å². The van der Waals surface area contributed by atoms with Crippen LogP contribution < -0.4 is 5.32 Å². The van der Waals surface area contributed by atoms with E-state index in [1.807, 2.05) is 0 Å². The van der Waals surface area contributed by atoms with E-state index in [9.17, 15) is 0 Å². The van der Waals surface area contributed by atoms with Crippen LogP contribution in [0.5, 0.6) is 0 Å². The molecule has 0 heterocycles. The summed E-state index contributed by atoms with van der Waals surface area (Å²) < 4.78 is 0. The van der Waals surface area contributed by atoms with Crippen LogP contribution in [-0.4, -0.2) is 37.1 Å². The number of hydrogen-bond donors (Lipinski definition) is 1. The van der Waals surface area contributed by atoms with Gasteiger partial charge in [0, 0.05) is 25.7 Å². The Morgan fingerprint density at radius 1 is 1.00 bits per heavy atom. The minimum Gasteiger partial charge on any atom is -0.315 e. The molecule has 0 radical (unpaired) electrons. The van der Waals surface area contributed by atoms with Crippen molar-refractivity contribution in [2.75, 3.05) is 26.2 Å². The molecule has 0 saturated heterocycles. The SMILES string of the molecule is CCCNCC(CCC)N(CC1CC1)CC1CC1. The summed E-state index contributed by atoms with van der Waals surface area (Å²) in [6, 6.07) is 0.794. The zero-order valence-electron chi connectivity index (χ0n) is 12.5. The molecule has 0 bridgehead atoms. The third-order valence-corrected chi connectivity index (χ3v) is 4.32. The first-order chi connectivity index (χ1) is 8.83. The Kier molecular flexibility index (Phi) is 5.97. The van der Waals surface area contributed by atoms with Gasteiger partial charge in [0.05, 0.1) is 0 Å². The van der Waals surface area contributed by atoms with Gasteiger partial charge in [-0.2, -0.15) is 0 Å². The standard InChI is InChI=1S/C16H32N2/c1-3-5-16(11-17-10-4-2)18(12-14-6-7-14)13-15-8-9-15/h14-17H,3-13H2,1-2H3. The van der Waals surface area contributed by atoms with E-state index < -0.39 is 0 Å². The molecular formula is C16H32N2. The Hall–Kier alpha value is -0.0800. The molecule has 2 aliphatic carbocycles. The quantitative estimate of drug-likeness (QED) is 0.568. The van der Waals surface area contributed by atoms with Crippen LogP contribution in [0.25, 0.3) is 0 Å². The summed E-state index contributed by atoms with van der Waals surface area (Å²) in [5.74, 6) is 2.07. The van der Waals surface area contributed by atoms with Crippen LogP contribution >= 0.6 is 0 Å². The molecule has 2 saturated carbocycles. The zero-order valence-corrected chi connectivity index (χ0v) is 12.5. The molecule has 1 atom stereocenters. The summed E-state index contributed by atoms with van der Waals surface area (Å²) in [5, 5.41) is 3.65. The fourth-order valence-corrected chi connectivity index (χ4v) is 2.83. The van der Waals surface area contributed by atoms with Gasteiger partial charge in [-0.15, -0.1) is 0 Å². The topological polar surface area (TPSA) is 15.3 Å². The van der Waals surface area contributed by atoms with Crippen molar-refractivity contribution in [1.82, 2.24) is 10.2 Å². The van der Waals surface area contributed by atoms with Crippen LogP contribution in [0.3, 0.4) is 0 Å². The maximum absolute atomic E-state index is 3.65. The van der Waals surface area contributed by atoms with Crippen molar-refractivity contribution in [2.24, 2.45) is 11.8 Å². The van der Waals surface area contributed by atoms with Crippen molar-refractivity contribution in [3.05, 3.63) is 0 Å². The molecule has 106 valence electrons. The Labute approximate surface area is 114 Å². The maximum Gasteiger partial charge on any atom is 0.0220 e. The summed E-state index contributed by atoms with van der Waals surface area (Å²) >= 11 is 0. The van der Waals surface area contributed by atoms with Gasteiger partial charge in [-0.05, 0) is 56.9 Å². The second-order valence-corrected chi connectivity index (χ2v) is 6.49. The Balaban J connectivity index is 1.79. The van der Waals surface area contributed by atoms with Gasteiger partial charge in [0.15, 0.2) is 0 Å². The molecule has 2 heteroatoms. The van der Waals surface area contributed by atoms with Crippen molar-refractivity contribution < 1.29 is 0 Å². The van der Waals surface area contributed by atoms with Crippen molar-refractivity contribution >= 4 is 0 Å². The second kappa shape index (κ2) is 7.49. The van der Waals surface area contributed by atoms with E-state index in [1.54, 1.807) is 0 Å². The van der Waals surface area contributed by atoms with E-state index in [-0.39, 0.29) is 0 Å². The summed E-state index contributed by atoms with van der Waals surface area (Å²) in [6.07, 6.45) is 9.90. The summed E-state index contributed by atoms with van der Waals surface area (Å²) in [7, 11) is 0. The van der Waals surface area contributed by atoms with E-state index in [0.717, 1.165) is 17.9 Å². The highest BCUT2D eigenvalue weighted by Crippen LogP contribution is 2.34. The molecule has 2 aliphatic rings. The number of hydrogen-bond acceptors (Lipinski definition) is 2. The van der Waals surface area contributed by atoms with Gasteiger partial charge in [0.1, 0.15) is 0 Å². The van der Waals surface area contributed by atoms with Crippen molar-refractivity contribution in [2.45, 2.75) is 64.8 Å². The highest BCUT2D eigenvalue weighted by Gasteiger charge is 2.32. The lowest BCUT2D eigenvalue weighted by atomic mass is 10.1. The molecule has 0 aromatic rings. The van der Waals surface area contributed by atoms with Crippen molar-refractivity contribution in [3.8, 4) is 0 Å². The lowest BCUT2D eigenvalue weighted by Crippen LogP contribution is -2.44. The normalized spacial score (nSPS) is 21.5. The van der Waals surface area contributed by atoms with Gasteiger partial charge >= 0.3 is 0 Å². The van der Waals surface area contributed by atoms with Gasteiger partial charge in [0.25, 0.3) is 0 Å². The highest BCUT2D eigenvalue weighted by molar-refractivity contribution is 4.86. The fraction of sp³-hybridized carbons (Fsp3) is 1.00. The van der Waals surface area contributed by atoms with E-state index in [1.165, 1.54) is 71.1 Å². The molecule has 0 aliphatic heterocycles. The molecule has 0 aromatic heterocycles. The molecular weight excluding hydrogens is 220 g/mol. The monoisotopic (exact) mass is 252 g/mol. The molecule has 2 fully saturated rings. The summed E-state index contributed by atoms with van der Waals surface area (Å²) in [4.78, 5) is 2.83. The Bertz CT molecular complexity index is 207. The van der Waals surface area contributed by atoms with Gasteiger partial charge < -0.3 is 5.32 Å². The average Bonchev–Trinajstić information content (AvgIpc) is 3.22. The minimum absolute atomic E-state index is 0.794. The number of nitrogens with zero attached hydrogens (tertiary/aromatic N) is 1. The molecule has 1 unspecified atom stereocenters. The molecule has 0 amide bonds. The van der Waals surface area contributed by atoms with Crippen LogP contribution in [0.4, 0.5) is 0 Å². The van der Waals surface area contributed by atoms with Crippen LogP contribution in [0, 0.1) is 11.8 Å². The predicted octanol–water partition coefficient (Wildman–Crippen LogP) is 3.28. The highest BCUT2D eigenvalue weighted by atomic mass is 15.2. The molecule has 2 nitrogen and oxygen atoms in total. The zero-order chi connectivity index (χ0) is 12.8. The number of rotatable bonds is 11. The van der Waals surface area contributed by atoms with E-state index in [2.05, 4.69) is 24.1 Å². The predicted molar refractivity (Wildman–Crippen MR) is 78.9 cm³/mol. The Morgan fingerprint density at radius 2 is 1.61 bits per heavy atom. The van der Waals surface area contributed by atoms with Crippen LogP contribution in [0.1, 0.15) is 58.8 Å². The Morgan fingerprint density at radius 3 is 2.06 bits per heavy atom. The first-order valence-electron chi connectivity index (χ1n) is 8.28. The maximum atomic E-state index is 3.65. The van der Waals surface area contributed by atoms with Crippen LogP contribution in [0.15, 0.2) is 0 Å². The minimum atomic E-state index is 0.794. The first-order valence-corrected chi connectivity index (χ1v) is 8.28. The first kappa shape index (κ1) is 14.3. The largest absolute Gasteiger partial charge is 0.315 e. The summed E-state index contributed by atoms with van der Waals surface area (Å²) in [6.45, 7) is 9.75. The van der Waals surface area contributed by atoms with Crippen molar-refractivity contribution in [1.29, 1.82) is 0 Å². The van der Waals surface area contributed by atoms with Gasteiger partial charge in [-0.1, -0.05) is 20.3 Å². The third kappa shape index (κ3) is 5.27. The lowest BCUT2D eigenvalue weighted by Gasteiger charge is -2.32. The fourth-order valence-electron chi connectivity index (χ4n) is 2.83. The lowest BCUT2D eigenvalue weighted by molar-refractivity contribution is 0.166. The van der Waals surface area contributed by atoms with E-state index >= 15 is 0 Å². The van der Waals surface area contributed by atoms with Gasteiger partial charge in [-0.3, -0.25) is 4.90 Å². The van der Waals surface area contributed by atoms with E-state index in [0.29, 0.717) is 0 Å². The van der Waals surface area contributed by atoms with Gasteiger partial charge in [0.2, 0.25) is 0 Å². The van der Waals surface area contributed by atoms with Crippen LogP contribution in [-0.2, 0) is 0 Å². The summed E-state index contributed by atoms with van der Waals surface area (Å²) in [5.41, 5.74) is 0. The smallest absolute Gasteiger partial charge is 0.0220 e. The molecule has 1 N–H and O–H groups in total. The second-order valence-electron chi connectivity index (χ2n) is 6.49. The van der Waals surface area contributed by atoms with Crippen molar-refractivity contribution in [3.63, 3.8) is 0 Å². The molecule has 0 spiro atoms. The number of nitrogens with one attached hydrogen (secondary N) is 1. The average molecular weight is 252 g/mol. The third-order valence-electron chi connectivity index (χ3n) is 4.32. The van der Waals surface area contributed by atoms with Crippen LogP contribution in [0.2, 0.25) is 0 Å². The molecule has 18 heavy (non-hydrogen) atoms. The molecule has 0 aromatic carbocycles. The van der Waals surface area contributed by atoms with E-state index in [4.69, 9.17) is 0 Å².